The van der Waals surface area contributed by atoms with Crippen LogP contribution < -0.4 is 16.2 Å². The largest absolute Gasteiger partial charge is 0.383 e. The van der Waals surface area contributed by atoms with Gasteiger partial charge in [0.05, 0.1) is 16.6 Å². The quantitative estimate of drug-likeness (QED) is 0.256. The lowest BCUT2D eigenvalue weighted by Crippen LogP contribution is -2.26. The first-order valence-corrected chi connectivity index (χ1v) is 14.2. The fraction of sp³-hybridized carbons (Fsp3) is 0.333. The molecule has 8 nitrogen and oxygen atoms in total. The van der Waals surface area contributed by atoms with Crippen LogP contribution in [0.5, 0.6) is 0 Å². The van der Waals surface area contributed by atoms with Gasteiger partial charge in [-0.25, -0.2) is 31.0 Å². The lowest BCUT2D eigenvalue weighted by molar-refractivity contribution is 0.395. The zero-order chi connectivity index (χ0) is 28.9. The Kier molecular flexibility index (Phi) is 7.21. The van der Waals surface area contributed by atoms with Crippen molar-refractivity contribution < 1.29 is 26.0 Å². The molecule has 1 fully saturated rings. The average Bonchev–Trinajstić information content (AvgIpc) is 3.30. The van der Waals surface area contributed by atoms with Crippen molar-refractivity contribution >= 4 is 32.4 Å². The summed E-state index contributed by atoms with van der Waals surface area (Å²) < 4.78 is 87.2. The molecule has 13 heteroatoms. The first-order chi connectivity index (χ1) is 18.9. The van der Waals surface area contributed by atoms with Gasteiger partial charge in [0.1, 0.15) is 39.7 Å². The number of rotatable bonds is 6. The van der Waals surface area contributed by atoms with E-state index in [0.717, 1.165) is 43.4 Å². The van der Waals surface area contributed by atoms with Crippen LogP contribution in [-0.2, 0) is 10.0 Å². The van der Waals surface area contributed by atoms with Crippen molar-refractivity contribution in [3.05, 3.63) is 65.4 Å². The van der Waals surface area contributed by atoms with E-state index in [0.29, 0.717) is 29.1 Å². The molecule has 2 heterocycles. The highest BCUT2D eigenvalue weighted by Gasteiger charge is 2.29. The van der Waals surface area contributed by atoms with Gasteiger partial charge in [0.25, 0.3) is 10.0 Å². The number of nitrogens with two attached hydrogens (primary N) is 2. The van der Waals surface area contributed by atoms with Crippen molar-refractivity contribution in [1.82, 2.24) is 14.8 Å². The van der Waals surface area contributed by atoms with Gasteiger partial charge in [-0.05, 0) is 75.3 Å². The van der Waals surface area contributed by atoms with Crippen molar-refractivity contribution in [3.8, 4) is 11.3 Å². The maximum atomic E-state index is 15.5. The number of nitrogens with zero attached hydrogens (tertiary/aromatic N) is 3. The minimum atomic E-state index is -4.78. The van der Waals surface area contributed by atoms with Gasteiger partial charge < -0.3 is 11.5 Å². The molecule has 0 saturated heterocycles. The van der Waals surface area contributed by atoms with E-state index in [1.165, 1.54) is 0 Å². The SMILES string of the molecule is CC(C)n1nc(-c2cc(F)c(NS(=O)(=O)c3cc(F)ccc3F)cc2F)c2c(N)ncc([C@H]3CC[C@H](N)CC3)c21. The van der Waals surface area contributed by atoms with Crippen molar-refractivity contribution in [1.29, 1.82) is 0 Å². The number of hydrogen-bond donors (Lipinski definition) is 3. The van der Waals surface area contributed by atoms with Crippen LogP contribution >= 0.6 is 0 Å². The first-order valence-electron chi connectivity index (χ1n) is 12.8. The average molecular weight is 577 g/mol. The Balaban J connectivity index is 1.61. The van der Waals surface area contributed by atoms with Gasteiger partial charge in [-0.2, -0.15) is 5.10 Å². The Morgan fingerprint density at radius 2 is 1.70 bits per heavy atom. The summed E-state index contributed by atoms with van der Waals surface area (Å²) in [6.07, 6.45) is 5.06. The van der Waals surface area contributed by atoms with E-state index in [2.05, 4.69) is 10.1 Å². The van der Waals surface area contributed by atoms with Crippen LogP contribution in [0.25, 0.3) is 22.2 Å². The third-order valence-electron chi connectivity index (χ3n) is 7.22. The summed E-state index contributed by atoms with van der Waals surface area (Å²) in [6.45, 7) is 3.79. The van der Waals surface area contributed by atoms with Crippen molar-refractivity contribution in [2.24, 2.45) is 5.73 Å². The van der Waals surface area contributed by atoms with E-state index in [9.17, 15) is 17.2 Å². The number of sulfonamides is 1. The molecule has 0 spiro atoms. The lowest BCUT2D eigenvalue weighted by Gasteiger charge is -2.27. The number of aromatic nitrogens is 3. The molecule has 0 unspecified atom stereocenters. The summed E-state index contributed by atoms with van der Waals surface area (Å²) in [5.74, 6) is -4.22. The minimum absolute atomic E-state index is 0.0463. The molecule has 40 heavy (non-hydrogen) atoms. The molecule has 5 N–H and O–H groups in total. The Morgan fingerprint density at radius 3 is 2.38 bits per heavy atom. The number of benzene rings is 2. The fourth-order valence-corrected chi connectivity index (χ4v) is 6.35. The van der Waals surface area contributed by atoms with Gasteiger partial charge in [-0.1, -0.05) is 0 Å². The van der Waals surface area contributed by atoms with Gasteiger partial charge in [-0.15, -0.1) is 0 Å². The lowest BCUT2D eigenvalue weighted by atomic mass is 9.82. The number of fused-ring (bicyclic) bond motifs is 1. The van der Waals surface area contributed by atoms with E-state index in [4.69, 9.17) is 11.5 Å². The molecule has 2 aromatic heterocycles. The van der Waals surface area contributed by atoms with Gasteiger partial charge in [0.15, 0.2) is 0 Å². The minimum Gasteiger partial charge on any atom is -0.383 e. The monoisotopic (exact) mass is 576 g/mol. The van der Waals surface area contributed by atoms with Crippen LogP contribution in [-0.4, -0.2) is 29.2 Å². The van der Waals surface area contributed by atoms with Crippen molar-refractivity contribution in [2.45, 2.75) is 62.4 Å². The third-order valence-corrected chi connectivity index (χ3v) is 8.60. The Morgan fingerprint density at radius 1 is 1.00 bits per heavy atom. The molecule has 0 radical (unpaired) electrons. The van der Waals surface area contributed by atoms with Crippen LogP contribution in [0, 0.1) is 23.3 Å². The summed E-state index contributed by atoms with van der Waals surface area (Å²) >= 11 is 0. The summed E-state index contributed by atoms with van der Waals surface area (Å²) in [7, 11) is -4.78. The van der Waals surface area contributed by atoms with Crippen LogP contribution in [0.4, 0.5) is 29.1 Å². The highest BCUT2D eigenvalue weighted by atomic mass is 32.2. The zero-order valence-corrected chi connectivity index (χ0v) is 22.6. The molecular weight excluding hydrogens is 548 g/mol. The van der Waals surface area contributed by atoms with Gasteiger partial charge >= 0.3 is 0 Å². The number of nitrogens with one attached hydrogen (secondary N) is 1. The van der Waals surface area contributed by atoms with Crippen molar-refractivity contribution in [3.63, 3.8) is 0 Å². The standard InChI is InChI=1S/C27H28F4N6O2S/c1-13(2)37-26-18(14-3-6-16(32)7-4-14)12-34-27(33)24(26)25(35-37)17-10-21(31)22(11-20(17)30)36-40(38,39)23-9-15(28)5-8-19(23)29/h5,8-14,16,36H,3-4,6-7,32H2,1-2H3,(H2,33,34)/t14-,16-. The second kappa shape index (κ2) is 10.4. The predicted molar refractivity (Wildman–Crippen MR) is 144 cm³/mol. The number of nitrogen functional groups attached to an aromatic ring is 1. The number of anilines is 2. The third kappa shape index (κ3) is 4.99. The van der Waals surface area contributed by atoms with Crippen LogP contribution in [0.1, 0.15) is 57.1 Å². The number of halogens is 4. The van der Waals surface area contributed by atoms with E-state index in [-0.39, 0.29) is 35.1 Å². The topological polar surface area (TPSA) is 129 Å². The molecule has 4 aromatic rings. The van der Waals surface area contributed by atoms with Gasteiger partial charge in [0, 0.05) is 29.9 Å². The Labute approximate surface area is 228 Å². The molecule has 1 aliphatic rings. The number of hydrogen-bond acceptors (Lipinski definition) is 6. The van der Waals surface area contributed by atoms with Crippen LogP contribution in [0.3, 0.4) is 0 Å². The molecule has 1 aliphatic carbocycles. The number of pyridine rings is 1. The highest BCUT2D eigenvalue weighted by Crippen LogP contribution is 2.42. The van der Waals surface area contributed by atoms with Gasteiger partial charge in [0.2, 0.25) is 0 Å². The van der Waals surface area contributed by atoms with Gasteiger partial charge in [-0.3, -0.25) is 9.40 Å². The second-order valence-electron chi connectivity index (χ2n) is 10.3. The molecular formula is C27H28F4N6O2S. The zero-order valence-electron chi connectivity index (χ0n) is 21.8. The van der Waals surface area contributed by atoms with Crippen LogP contribution in [0.15, 0.2) is 41.4 Å². The molecule has 1 saturated carbocycles. The molecule has 0 bridgehead atoms. The summed E-state index contributed by atoms with van der Waals surface area (Å²) in [5.41, 5.74) is 12.9. The predicted octanol–water partition coefficient (Wildman–Crippen LogP) is 5.60. The van der Waals surface area contributed by atoms with Crippen LogP contribution in [0.2, 0.25) is 0 Å². The normalized spacial score (nSPS) is 18.0. The molecule has 212 valence electrons. The Hall–Kier alpha value is -3.71. The molecule has 2 aromatic carbocycles. The second-order valence-corrected chi connectivity index (χ2v) is 12.0. The van der Waals surface area contributed by atoms with E-state index in [1.54, 1.807) is 15.6 Å². The molecule has 5 rings (SSSR count). The summed E-state index contributed by atoms with van der Waals surface area (Å²) in [6, 6.07) is 3.17. The maximum Gasteiger partial charge on any atom is 0.265 e. The first kappa shape index (κ1) is 27.8. The summed E-state index contributed by atoms with van der Waals surface area (Å²) in [4.78, 5) is 3.30. The van der Waals surface area contributed by atoms with E-state index in [1.807, 2.05) is 13.8 Å². The maximum absolute atomic E-state index is 15.5. The molecule has 0 atom stereocenters. The smallest absolute Gasteiger partial charge is 0.265 e. The van der Waals surface area contributed by atoms with E-state index < -0.39 is 43.9 Å². The molecule has 0 aliphatic heterocycles. The van der Waals surface area contributed by atoms with Crippen molar-refractivity contribution in [2.75, 3.05) is 10.5 Å². The van der Waals surface area contributed by atoms with E-state index >= 15 is 8.78 Å². The Bertz CT molecular complexity index is 1720. The highest BCUT2D eigenvalue weighted by molar-refractivity contribution is 7.92. The molecule has 0 amide bonds. The fourth-order valence-electron chi connectivity index (χ4n) is 5.20. The summed E-state index contributed by atoms with van der Waals surface area (Å²) in [5, 5.41) is 4.96.